The Morgan fingerprint density at radius 3 is 2.63 bits per heavy atom. The summed E-state index contributed by atoms with van der Waals surface area (Å²) >= 11 is 6.44. The summed E-state index contributed by atoms with van der Waals surface area (Å²) in [5.74, 6) is 0.596. The second kappa shape index (κ2) is 8.75. The molecule has 0 aliphatic heterocycles. The van der Waals surface area contributed by atoms with E-state index in [9.17, 15) is 4.79 Å². The van der Waals surface area contributed by atoms with Crippen molar-refractivity contribution >= 4 is 23.2 Å². The molecule has 0 bridgehead atoms. The predicted octanol–water partition coefficient (Wildman–Crippen LogP) is 5.67. The molecule has 5 heteroatoms. The van der Waals surface area contributed by atoms with E-state index in [-0.39, 0.29) is 5.91 Å². The van der Waals surface area contributed by atoms with Gasteiger partial charge in [-0.1, -0.05) is 56.0 Å². The largest absolute Gasteiger partial charge is 0.478 e. The molecule has 3 rings (SSSR count). The van der Waals surface area contributed by atoms with Crippen LogP contribution in [0.15, 0.2) is 36.4 Å². The summed E-state index contributed by atoms with van der Waals surface area (Å²) in [5, 5.41) is 3.75. The summed E-state index contributed by atoms with van der Waals surface area (Å²) < 4.78 is 5.65. The number of unbranched alkanes of at least 4 members (excludes halogenated alkanes) is 1. The summed E-state index contributed by atoms with van der Waals surface area (Å²) in [6.45, 7) is 4.67. The van der Waals surface area contributed by atoms with Crippen molar-refractivity contribution in [2.24, 2.45) is 0 Å². The van der Waals surface area contributed by atoms with Gasteiger partial charge in [0.15, 0.2) is 0 Å². The summed E-state index contributed by atoms with van der Waals surface area (Å²) in [4.78, 5) is 17.8. The Bertz CT molecular complexity index is 801. The molecule has 1 aliphatic carbocycles. The van der Waals surface area contributed by atoms with Crippen molar-refractivity contribution in [2.75, 3.05) is 11.9 Å². The van der Waals surface area contributed by atoms with Gasteiger partial charge in [0.1, 0.15) is 0 Å². The monoisotopic (exact) mass is 386 g/mol. The summed E-state index contributed by atoms with van der Waals surface area (Å²) in [5.41, 5.74) is 1.83. The molecule has 1 heterocycles. The van der Waals surface area contributed by atoms with Crippen LogP contribution in [0.4, 0.5) is 5.69 Å². The standard InChI is InChI=1S/C22H27ClN2O2/c1-3-4-15-27-20-12-11-19(16(2)24-20)25-21(26)22(13-7-8-14-22)17-9-5-6-10-18(17)23/h5-6,9-12H,3-4,7-8,13-15H2,1-2H3,(H,25,26). The number of aryl methyl sites for hydroxylation is 1. The highest BCUT2D eigenvalue weighted by molar-refractivity contribution is 6.31. The Hall–Kier alpha value is -2.07. The van der Waals surface area contributed by atoms with Crippen LogP contribution in [-0.4, -0.2) is 17.5 Å². The van der Waals surface area contributed by atoms with Gasteiger partial charge < -0.3 is 10.1 Å². The first-order chi connectivity index (χ1) is 13.1. The van der Waals surface area contributed by atoms with Crippen LogP contribution in [0.1, 0.15) is 56.7 Å². The van der Waals surface area contributed by atoms with Crippen LogP contribution in [0, 0.1) is 6.92 Å². The first-order valence-electron chi connectivity index (χ1n) is 9.74. The number of hydrogen-bond acceptors (Lipinski definition) is 3. The van der Waals surface area contributed by atoms with Crippen LogP contribution in [0.3, 0.4) is 0 Å². The van der Waals surface area contributed by atoms with Crippen molar-refractivity contribution in [3.63, 3.8) is 0 Å². The van der Waals surface area contributed by atoms with Gasteiger partial charge in [-0.2, -0.15) is 0 Å². The molecule has 27 heavy (non-hydrogen) atoms. The average Bonchev–Trinajstić information content (AvgIpc) is 3.15. The smallest absolute Gasteiger partial charge is 0.235 e. The van der Waals surface area contributed by atoms with Crippen LogP contribution in [0.5, 0.6) is 5.88 Å². The minimum absolute atomic E-state index is 0.00217. The zero-order valence-corrected chi connectivity index (χ0v) is 16.8. The molecule has 1 saturated carbocycles. The number of ether oxygens (including phenoxy) is 1. The van der Waals surface area contributed by atoms with E-state index in [4.69, 9.17) is 16.3 Å². The number of anilines is 1. The first kappa shape index (κ1) is 19.7. The lowest BCUT2D eigenvalue weighted by Crippen LogP contribution is -2.38. The Kier molecular flexibility index (Phi) is 6.38. The zero-order chi connectivity index (χ0) is 19.3. The SMILES string of the molecule is CCCCOc1ccc(NC(=O)C2(c3ccccc3Cl)CCCC2)c(C)n1. The number of pyridine rings is 1. The van der Waals surface area contributed by atoms with E-state index in [1.807, 2.05) is 43.3 Å². The van der Waals surface area contributed by atoms with Gasteiger partial charge in [-0.15, -0.1) is 0 Å². The van der Waals surface area contributed by atoms with E-state index in [1.54, 1.807) is 0 Å². The number of aromatic nitrogens is 1. The van der Waals surface area contributed by atoms with Crippen LogP contribution in [-0.2, 0) is 10.2 Å². The molecular weight excluding hydrogens is 360 g/mol. The Morgan fingerprint density at radius 2 is 1.96 bits per heavy atom. The van der Waals surface area contributed by atoms with Gasteiger partial charge in [-0.3, -0.25) is 4.79 Å². The maximum atomic E-state index is 13.3. The molecule has 4 nitrogen and oxygen atoms in total. The van der Waals surface area contributed by atoms with E-state index < -0.39 is 5.41 Å². The normalized spacial score (nSPS) is 15.5. The van der Waals surface area contributed by atoms with Crippen LogP contribution >= 0.6 is 11.6 Å². The maximum absolute atomic E-state index is 13.3. The molecule has 1 aromatic heterocycles. The van der Waals surface area contributed by atoms with Gasteiger partial charge in [0, 0.05) is 11.1 Å². The molecule has 1 fully saturated rings. The fourth-order valence-electron chi connectivity index (χ4n) is 3.76. The number of amides is 1. The summed E-state index contributed by atoms with van der Waals surface area (Å²) in [7, 11) is 0. The Balaban J connectivity index is 1.80. The van der Waals surface area contributed by atoms with E-state index in [0.29, 0.717) is 17.5 Å². The van der Waals surface area contributed by atoms with Gasteiger partial charge >= 0.3 is 0 Å². The predicted molar refractivity (Wildman–Crippen MR) is 110 cm³/mol. The van der Waals surface area contributed by atoms with E-state index in [1.165, 1.54) is 0 Å². The molecule has 0 spiro atoms. The minimum Gasteiger partial charge on any atom is -0.478 e. The van der Waals surface area contributed by atoms with Gasteiger partial charge in [0.2, 0.25) is 11.8 Å². The molecular formula is C22H27ClN2O2. The van der Waals surface area contributed by atoms with Crippen molar-refractivity contribution in [2.45, 2.75) is 57.8 Å². The molecule has 1 aliphatic rings. The van der Waals surface area contributed by atoms with Gasteiger partial charge in [0.25, 0.3) is 0 Å². The number of halogens is 1. The first-order valence-corrected chi connectivity index (χ1v) is 10.1. The highest BCUT2D eigenvalue weighted by Gasteiger charge is 2.44. The number of carbonyl (C=O) groups excluding carboxylic acids is 1. The maximum Gasteiger partial charge on any atom is 0.235 e. The van der Waals surface area contributed by atoms with Crippen molar-refractivity contribution in [3.05, 3.63) is 52.7 Å². The topological polar surface area (TPSA) is 51.2 Å². The number of nitrogens with one attached hydrogen (secondary N) is 1. The molecule has 0 saturated heterocycles. The quantitative estimate of drug-likeness (QED) is 0.623. The van der Waals surface area contributed by atoms with E-state index >= 15 is 0 Å². The lowest BCUT2D eigenvalue weighted by Gasteiger charge is -2.29. The van der Waals surface area contributed by atoms with Gasteiger partial charge in [0.05, 0.1) is 23.4 Å². The summed E-state index contributed by atoms with van der Waals surface area (Å²) in [6.07, 6.45) is 5.76. The fraction of sp³-hybridized carbons (Fsp3) is 0.455. The average molecular weight is 387 g/mol. The van der Waals surface area contributed by atoms with Gasteiger partial charge in [-0.25, -0.2) is 4.98 Å². The van der Waals surface area contributed by atoms with Crippen LogP contribution < -0.4 is 10.1 Å². The minimum atomic E-state index is -0.568. The molecule has 2 aromatic rings. The number of rotatable bonds is 7. The zero-order valence-electron chi connectivity index (χ0n) is 16.1. The third-order valence-corrected chi connectivity index (χ3v) is 5.67. The third-order valence-electron chi connectivity index (χ3n) is 5.34. The lowest BCUT2D eigenvalue weighted by atomic mass is 9.78. The number of benzene rings is 1. The fourth-order valence-corrected chi connectivity index (χ4v) is 4.08. The highest BCUT2D eigenvalue weighted by Crippen LogP contribution is 2.44. The molecule has 1 aromatic carbocycles. The molecule has 1 amide bonds. The third kappa shape index (κ3) is 4.27. The van der Waals surface area contributed by atoms with Crippen LogP contribution in [0.2, 0.25) is 5.02 Å². The molecule has 1 N–H and O–H groups in total. The second-order valence-electron chi connectivity index (χ2n) is 7.21. The van der Waals surface area contributed by atoms with E-state index in [2.05, 4.69) is 17.2 Å². The van der Waals surface area contributed by atoms with E-state index in [0.717, 1.165) is 55.5 Å². The molecule has 0 atom stereocenters. The van der Waals surface area contributed by atoms with Crippen molar-refractivity contribution in [1.29, 1.82) is 0 Å². The second-order valence-corrected chi connectivity index (χ2v) is 7.61. The van der Waals surface area contributed by atoms with Crippen molar-refractivity contribution in [1.82, 2.24) is 4.98 Å². The molecule has 144 valence electrons. The lowest BCUT2D eigenvalue weighted by molar-refractivity contribution is -0.121. The molecule has 0 unspecified atom stereocenters. The van der Waals surface area contributed by atoms with Gasteiger partial charge in [-0.05, 0) is 43.9 Å². The van der Waals surface area contributed by atoms with Crippen molar-refractivity contribution < 1.29 is 9.53 Å². The Labute approximate surface area is 166 Å². The number of nitrogens with zero attached hydrogens (tertiary/aromatic N) is 1. The highest BCUT2D eigenvalue weighted by atomic mass is 35.5. The van der Waals surface area contributed by atoms with Crippen LogP contribution in [0.25, 0.3) is 0 Å². The molecule has 0 radical (unpaired) electrons. The number of hydrogen-bond donors (Lipinski definition) is 1. The Morgan fingerprint density at radius 1 is 1.22 bits per heavy atom. The summed E-state index contributed by atoms with van der Waals surface area (Å²) in [6, 6.07) is 11.4. The van der Waals surface area contributed by atoms with Crippen molar-refractivity contribution in [3.8, 4) is 5.88 Å². The number of carbonyl (C=O) groups is 1.